The minimum Gasteiger partial charge on any atom is -0.480 e. The Labute approximate surface area is 132 Å². The summed E-state index contributed by atoms with van der Waals surface area (Å²) < 4.78 is 5.85. The summed E-state index contributed by atoms with van der Waals surface area (Å²) in [6, 6.07) is -0.509. The van der Waals surface area contributed by atoms with Gasteiger partial charge in [-0.1, -0.05) is 19.8 Å². The van der Waals surface area contributed by atoms with Crippen LogP contribution in [0.25, 0.3) is 0 Å². The molecule has 1 aliphatic carbocycles. The van der Waals surface area contributed by atoms with Gasteiger partial charge in [-0.15, -0.1) is 0 Å². The highest BCUT2D eigenvalue weighted by atomic mass is 16.5. The molecule has 6 heteroatoms. The van der Waals surface area contributed by atoms with Gasteiger partial charge in [0.2, 0.25) is 5.91 Å². The normalized spacial score (nSPS) is 29.4. The van der Waals surface area contributed by atoms with E-state index in [1.54, 1.807) is 4.90 Å². The number of aliphatic carboxylic acids is 1. The number of amides is 1. The lowest BCUT2D eigenvalue weighted by Crippen LogP contribution is -2.43. The van der Waals surface area contributed by atoms with Gasteiger partial charge in [-0.3, -0.25) is 14.5 Å². The van der Waals surface area contributed by atoms with E-state index in [-0.39, 0.29) is 12.5 Å². The minimum atomic E-state index is -0.833. The van der Waals surface area contributed by atoms with Gasteiger partial charge in [0.25, 0.3) is 0 Å². The van der Waals surface area contributed by atoms with Gasteiger partial charge < -0.3 is 15.2 Å². The molecule has 1 saturated carbocycles. The van der Waals surface area contributed by atoms with Crippen LogP contribution in [0.2, 0.25) is 0 Å². The van der Waals surface area contributed by atoms with Crippen molar-refractivity contribution >= 4 is 11.9 Å². The van der Waals surface area contributed by atoms with E-state index in [9.17, 15) is 9.59 Å². The second-order valence-electron chi connectivity index (χ2n) is 6.49. The zero-order valence-corrected chi connectivity index (χ0v) is 13.4. The highest BCUT2D eigenvalue weighted by Gasteiger charge is 2.31. The van der Waals surface area contributed by atoms with Crippen LogP contribution in [0, 0.1) is 5.92 Å². The summed E-state index contributed by atoms with van der Waals surface area (Å²) in [5, 5.41) is 11.9. The van der Waals surface area contributed by atoms with Gasteiger partial charge in [-0.25, -0.2) is 0 Å². The lowest BCUT2D eigenvalue weighted by Gasteiger charge is -2.28. The first-order chi connectivity index (χ1) is 10.6. The Morgan fingerprint density at radius 3 is 2.73 bits per heavy atom. The molecular weight excluding hydrogens is 284 g/mol. The molecule has 126 valence electrons. The summed E-state index contributed by atoms with van der Waals surface area (Å²) in [5.74, 6) is -0.348. The lowest BCUT2D eigenvalue weighted by atomic mass is 9.88. The van der Waals surface area contributed by atoms with Gasteiger partial charge in [0, 0.05) is 6.54 Å². The molecule has 1 heterocycles. The Balaban J connectivity index is 1.60. The largest absolute Gasteiger partial charge is 0.480 e. The molecule has 0 aromatic heterocycles. The molecule has 1 aliphatic heterocycles. The lowest BCUT2D eigenvalue weighted by molar-refractivity contribution is -0.142. The maximum atomic E-state index is 11.9. The predicted octanol–water partition coefficient (Wildman–Crippen LogP) is 1.25. The first-order valence-corrected chi connectivity index (χ1v) is 8.43. The highest BCUT2D eigenvalue weighted by molar-refractivity contribution is 5.80. The van der Waals surface area contributed by atoms with Crippen molar-refractivity contribution in [3.63, 3.8) is 0 Å². The quantitative estimate of drug-likeness (QED) is 0.692. The Morgan fingerprint density at radius 2 is 2.00 bits per heavy atom. The van der Waals surface area contributed by atoms with E-state index in [0.717, 1.165) is 12.8 Å². The summed E-state index contributed by atoms with van der Waals surface area (Å²) in [5.41, 5.74) is 0. The van der Waals surface area contributed by atoms with Gasteiger partial charge in [0.1, 0.15) is 6.04 Å². The van der Waals surface area contributed by atoms with Crippen LogP contribution in [0.3, 0.4) is 0 Å². The van der Waals surface area contributed by atoms with E-state index in [4.69, 9.17) is 9.84 Å². The van der Waals surface area contributed by atoms with E-state index in [0.29, 0.717) is 38.1 Å². The Morgan fingerprint density at radius 1 is 1.23 bits per heavy atom. The van der Waals surface area contributed by atoms with Crippen LogP contribution in [0.4, 0.5) is 0 Å². The number of hydrogen-bond acceptors (Lipinski definition) is 4. The van der Waals surface area contributed by atoms with Crippen molar-refractivity contribution in [1.29, 1.82) is 0 Å². The predicted molar refractivity (Wildman–Crippen MR) is 82.6 cm³/mol. The molecule has 2 N–H and O–H groups in total. The minimum absolute atomic E-state index is 0.117. The van der Waals surface area contributed by atoms with Crippen LogP contribution in [0.15, 0.2) is 0 Å². The number of nitrogens with zero attached hydrogens (tertiary/aromatic N) is 1. The molecule has 0 aromatic rings. The maximum absolute atomic E-state index is 11.9. The van der Waals surface area contributed by atoms with Crippen LogP contribution in [0.5, 0.6) is 0 Å². The Hall–Kier alpha value is -1.14. The van der Waals surface area contributed by atoms with Crippen LogP contribution in [0.1, 0.15) is 45.4 Å². The van der Waals surface area contributed by atoms with Crippen LogP contribution < -0.4 is 5.32 Å². The number of carboxylic acids is 1. The molecule has 2 rings (SSSR count). The molecule has 2 aliphatic rings. The molecule has 0 unspecified atom stereocenters. The Kier molecular flexibility index (Phi) is 6.64. The van der Waals surface area contributed by atoms with Gasteiger partial charge in [-0.05, 0) is 38.1 Å². The van der Waals surface area contributed by atoms with Gasteiger partial charge in [0.15, 0.2) is 0 Å². The third kappa shape index (κ3) is 4.95. The topological polar surface area (TPSA) is 78.9 Å². The molecule has 1 amide bonds. The third-order valence-corrected chi connectivity index (χ3v) is 4.78. The first-order valence-electron chi connectivity index (χ1n) is 8.43. The zero-order valence-electron chi connectivity index (χ0n) is 13.4. The fourth-order valence-corrected chi connectivity index (χ4v) is 3.47. The van der Waals surface area contributed by atoms with Crippen molar-refractivity contribution in [2.45, 2.75) is 57.6 Å². The molecule has 0 radical (unpaired) electrons. The molecule has 0 bridgehead atoms. The Bertz CT molecular complexity index is 388. The fraction of sp³-hybridized carbons (Fsp3) is 0.875. The monoisotopic (exact) mass is 312 g/mol. The molecule has 6 nitrogen and oxygen atoms in total. The summed E-state index contributed by atoms with van der Waals surface area (Å²) >= 11 is 0. The zero-order chi connectivity index (χ0) is 15.9. The number of ether oxygens (including phenoxy) is 1. The maximum Gasteiger partial charge on any atom is 0.320 e. The second-order valence-corrected chi connectivity index (χ2v) is 6.49. The molecule has 2 fully saturated rings. The number of rotatable bonds is 7. The van der Waals surface area contributed by atoms with Gasteiger partial charge in [0.05, 0.1) is 19.3 Å². The van der Waals surface area contributed by atoms with Crippen molar-refractivity contribution in [1.82, 2.24) is 10.2 Å². The second kappa shape index (κ2) is 8.48. The van der Waals surface area contributed by atoms with E-state index < -0.39 is 12.0 Å². The summed E-state index contributed by atoms with van der Waals surface area (Å²) in [4.78, 5) is 24.7. The van der Waals surface area contributed by atoms with E-state index in [1.807, 2.05) is 0 Å². The molecule has 3 atom stereocenters. The van der Waals surface area contributed by atoms with Gasteiger partial charge in [-0.2, -0.15) is 0 Å². The SMILES string of the molecule is C[C@@H]1CCCC[C@@H]1OCCNC(=O)CN1CCC[C@@H]1C(=O)O. The highest BCUT2D eigenvalue weighted by Crippen LogP contribution is 2.25. The number of carbonyl (C=O) groups is 2. The van der Waals surface area contributed by atoms with Crippen molar-refractivity contribution in [2.24, 2.45) is 5.92 Å². The molecule has 1 saturated heterocycles. The van der Waals surface area contributed by atoms with Crippen LogP contribution in [-0.4, -0.2) is 60.3 Å². The van der Waals surface area contributed by atoms with Gasteiger partial charge >= 0.3 is 5.97 Å². The third-order valence-electron chi connectivity index (χ3n) is 4.78. The van der Waals surface area contributed by atoms with Crippen molar-refractivity contribution in [3.8, 4) is 0 Å². The number of likely N-dealkylation sites (tertiary alicyclic amines) is 1. The molecule has 0 spiro atoms. The summed E-state index contributed by atoms with van der Waals surface area (Å²) in [6.45, 7) is 4.09. The van der Waals surface area contributed by atoms with E-state index in [2.05, 4.69) is 12.2 Å². The fourth-order valence-electron chi connectivity index (χ4n) is 3.47. The smallest absolute Gasteiger partial charge is 0.320 e. The van der Waals surface area contributed by atoms with Crippen molar-refractivity contribution in [2.75, 3.05) is 26.2 Å². The standard InChI is InChI=1S/C16H28N2O4/c1-12-5-2-3-7-14(12)22-10-8-17-15(19)11-18-9-4-6-13(18)16(20)21/h12-14H,2-11H2,1H3,(H,17,19)(H,20,21)/t12-,13-,14+/m1/s1. The molecular formula is C16H28N2O4. The van der Waals surface area contributed by atoms with Crippen LogP contribution in [-0.2, 0) is 14.3 Å². The van der Waals surface area contributed by atoms with E-state index >= 15 is 0 Å². The van der Waals surface area contributed by atoms with Crippen molar-refractivity contribution < 1.29 is 19.4 Å². The molecule has 22 heavy (non-hydrogen) atoms. The average molecular weight is 312 g/mol. The van der Waals surface area contributed by atoms with Crippen LogP contribution >= 0.6 is 0 Å². The number of carboxylic acid groups (broad SMARTS) is 1. The summed E-state index contributed by atoms with van der Waals surface area (Å²) in [6.07, 6.45) is 6.65. The molecule has 0 aromatic carbocycles. The number of carbonyl (C=O) groups excluding carboxylic acids is 1. The van der Waals surface area contributed by atoms with Crippen molar-refractivity contribution in [3.05, 3.63) is 0 Å². The number of nitrogens with one attached hydrogen (secondary N) is 1. The summed E-state index contributed by atoms with van der Waals surface area (Å²) in [7, 11) is 0. The average Bonchev–Trinajstić information content (AvgIpc) is 2.93. The number of hydrogen-bond donors (Lipinski definition) is 2. The van der Waals surface area contributed by atoms with E-state index in [1.165, 1.54) is 19.3 Å². The first kappa shape index (κ1) is 17.2.